The van der Waals surface area contributed by atoms with E-state index in [9.17, 15) is 4.79 Å². The van der Waals surface area contributed by atoms with E-state index in [1.165, 1.54) is 19.3 Å². The molecule has 0 aliphatic carbocycles. The zero-order valence-electron chi connectivity index (χ0n) is 12.8. The molecule has 2 heterocycles. The van der Waals surface area contributed by atoms with Gasteiger partial charge in [0.15, 0.2) is 5.82 Å². The molecular formula is C14H24N4O2S. The zero-order chi connectivity index (χ0) is 15.1. The van der Waals surface area contributed by atoms with Crippen LogP contribution in [0, 0.1) is 0 Å². The Balaban J connectivity index is 1.66. The minimum absolute atomic E-state index is 0.0542. The number of aromatic nitrogens is 2. The summed E-state index contributed by atoms with van der Waals surface area (Å²) in [6, 6.07) is 0.543. The summed E-state index contributed by atoms with van der Waals surface area (Å²) in [4.78, 5) is 18.5. The van der Waals surface area contributed by atoms with Crippen LogP contribution >= 0.6 is 11.8 Å². The molecule has 1 saturated heterocycles. The topological polar surface area (TPSA) is 71.3 Å². The zero-order valence-corrected chi connectivity index (χ0v) is 13.6. The van der Waals surface area contributed by atoms with E-state index in [0.717, 1.165) is 18.7 Å². The van der Waals surface area contributed by atoms with Crippen molar-refractivity contribution in [1.29, 1.82) is 0 Å². The van der Waals surface area contributed by atoms with Crippen LogP contribution in [0.15, 0.2) is 4.52 Å². The Morgan fingerprint density at radius 2 is 2.38 bits per heavy atom. The van der Waals surface area contributed by atoms with Gasteiger partial charge in [-0.3, -0.25) is 4.79 Å². The van der Waals surface area contributed by atoms with Crippen LogP contribution in [0.5, 0.6) is 0 Å². The van der Waals surface area contributed by atoms with Gasteiger partial charge in [0.2, 0.25) is 11.8 Å². The molecule has 2 rings (SSSR count). The molecule has 7 heteroatoms. The molecule has 0 spiro atoms. The van der Waals surface area contributed by atoms with E-state index in [2.05, 4.69) is 27.4 Å². The van der Waals surface area contributed by atoms with E-state index in [1.807, 2.05) is 6.26 Å². The van der Waals surface area contributed by atoms with Gasteiger partial charge in [0.1, 0.15) is 0 Å². The fourth-order valence-corrected chi connectivity index (χ4v) is 2.99. The maximum atomic E-state index is 11.9. The lowest BCUT2D eigenvalue weighted by Gasteiger charge is -2.32. The highest BCUT2D eigenvalue weighted by Gasteiger charge is 2.19. The molecule has 1 aromatic rings. The number of nitrogens with zero attached hydrogens (tertiary/aromatic N) is 3. The number of hydrogen-bond donors (Lipinski definition) is 1. The van der Waals surface area contributed by atoms with Gasteiger partial charge in [-0.25, -0.2) is 0 Å². The van der Waals surface area contributed by atoms with Crippen molar-refractivity contribution < 1.29 is 9.32 Å². The predicted molar refractivity (Wildman–Crippen MR) is 82.9 cm³/mol. The van der Waals surface area contributed by atoms with Crippen molar-refractivity contribution >= 4 is 17.7 Å². The van der Waals surface area contributed by atoms with Gasteiger partial charge in [-0.1, -0.05) is 11.6 Å². The SMILES string of the molecule is CSCc1noc(CNC(=O)CC[C@@H]2CCCCN2C)n1. The summed E-state index contributed by atoms with van der Waals surface area (Å²) in [7, 11) is 2.15. The minimum Gasteiger partial charge on any atom is -0.347 e. The van der Waals surface area contributed by atoms with Crippen molar-refractivity contribution in [2.75, 3.05) is 19.8 Å². The average molecular weight is 312 g/mol. The number of nitrogens with one attached hydrogen (secondary N) is 1. The van der Waals surface area contributed by atoms with E-state index in [1.54, 1.807) is 11.8 Å². The number of carbonyl (C=O) groups excluding carboxylic acids is 1. The molecule has 1 aliphatic rings. The van der Waals surface area contributed by atoms with Crippen molar-refractivity contribution in [2.45, 2.75) is 50.4 Å². The Kier molecular flexibility index (Phi) is 6.50. The molecule has 118 valence electrons. The molecule has 0 unspecified atom stereocenters. The summed E-state index contributed by atoms with van der Waals surface area (Å²) in [5.74, 6) is 1.93. The number of likely N-dealkylation sites (tertiary alicyclic amines) is 1. The molecule has 0 aromatic carbocycles. The maximum absolute atomic E-state index is 11.9. The Morgan fingerprint density at radius 3 is 3.14 bits per heavy atom. The lowest BCUT2D eigenvalue weighted by molar-refractivity contribution is -0.121. The third kappa shape index (κ3) is 5.32. The molecule has 0 radical (unpaired) electrons. The standard InChI is InChI=1S/C14H24N4O2S/c1-18-8-4-3-5-11(18)6-7-13(19)15-9-14-16-12(10-21-2)17-20-14/h11H,3-10H2,1-2H3,(H,15,19)/t11-/m0/s1. The first-order chi connectivity index (χ1) is 10.2. The van der Waals surface area contributed by atoms with Crippen LogP contribution in [0.1, 0.15) is 43.8 Å². The van der Waals surface area contributed by atoms with Crippen LogP contribution in [0.4, 0.5) is 0 Å². The number of thioether (sulfide) groups is 1. The first-order valence-corrected chi connectivity index (χ1v) is 8.85. The van der Waals surface area contributed by atoms with Crippen LogP contribution in [0.3, 0.4) is 0 Å². The largest absolute Gasteiger partial charge is 0.347 e. The highest BCUT2D eigenvalue weighted by Crippen LogP contribution is 2.18. The Morgan fingerprint density at radius 1 is 1.52 bits per heavy atom. The van der Waals surface area contributed by atoms with Gasteiger partial charge in [0, 0.05) is 12.5 Å². The highest BCUT2D eigenvalue weighted by molar-refractivity contribution is 7.97. The summed E-state index contributed by atoms with van der Waals surface area (Å²) in [6.07, 6.45) is 7.21. The highest BCUT2D eigenvalue weighted by atomic mass is 32.2. The van der Waals surface area contributed by atoms with Crippen LogP contribution < -0.4 is 5.32 Å². The normalized spacial score (nSPS) is 19.6. The van der Waals surface area contributed by atoms with Crippen molar-refractivity contribution in [2.24, 2.45) is 0 Å². The molecule has 1 amide bonds. The molecule has 1 aromatic heterocycles. The van der Waals surface area contributed by atoms with Crippen molar-refractivity contribution in [3.05, 3.63) is 11.7 Å². The van der Waals surface area contributed by atoms with Gasteiger partial charge in [0.05, 0.1) is 12.3 Å². The smallest absolute Gasteiger partial charge is 0.246 e. The summed E-state index contributed by atoms with van der Waals surface area (Å²) >= 11 is 1.64. The van der Waals surface area contributed by atoms with Crippen molar-refractivity contribution in [3.8, 4) is 0 Å². The first kappa shape index (κ1) is 16.3. The fraction of sp³-hybridized carbons (Fsp3) is 0.786. The molecular weight excluding hydrogens is 288 g/mol. The monoisotopic (exact) mass is 312 g/mol. The molecule has 1 atom stereocenters. The Hall–Kier alpha value is -1.08. The average Bonchev–Trinajstić information content (AvgIpc) is 2.92. The Bertz CT molecular complexity index is 452. The second-order valence-electron chi connectivity index (χ2n) is 5.48. The maximum Gasteiger partial charge on any atom is 0.246 e. The lowest BCUT2D eigenvalue weighted by Crippen LogP contribution is -2.37. The van der Waals surface area contributed by atoms with Crippen LogP contribution in [-0.4, -0.2) is 46.8 Å². The minimum atomic E-state index is 0.0542. The number of amides is 1. The van der Waals surface area contributed by atoms with Gasteiger partial charge in [-0.05, 0) is 39.1 Å². The van der Waals surface area contributed by atoms with Crippen molar-refractivity contribution in [3.63, 3.8) is 0 Å². The molecule has 6 nitrogen and oxygen atoms in total. The van der Waals surface area contributed by atoms with E-state index >= 15 is 0 Å². The summed E-state index contributed by atoms with van der Waals surface area (Å²) in [5.41, 5.74) is 0. The predicted octanol–water partition coefficient (Wildman–Crippen LogP) is 1.81. The molecule has 1 fully saturated rings. The third-order valence-electron chi connectivity index (χ3n) is 3.85. The van der Waals surface area contributed by atoms with Gasteiger partial charge < -0.3 is 14.7 Å². The van der Waals surface area contributed by atoms with E-state index < -0.39 is 0 Å². The van der Waals surface area contributed by atoms with Gasteiger partial charge in [0.25, 0.3) is 0 Å². The first-order valence-electron chi connectivity index (χ1n) is 7.46. The molecule has 1 N–H and O–H groups in total. The number of hydrogen-bond acceptors (Lipinski definition) is 6. The summed E-state index contributed by atoms with van der Waals surface area (Å²) in [6.45, 7) is 1.47. The van der Waals surface area contributed by atoms with E-state index in [4.69, 9.17) is 4.52 Å². The van der Waals surface area contributed by atoms with Crippen LogP contribution in [0.2, 0.25) is 0 Å². The van der Waals surface area contributed by atoms with E-state index in [-0.39, 0.29) is 5.91 Å². The number of rotatable bonds is 7. The van der Waals surface area contributed by atoms with Crippen LogP contribution in [-0.2, 0) is 17.1 Å². The van der Waals surface area contributed by atoms with E-state index in [0.29, 0.717) is 30.7 Å². The number of piperidine rings is 1. The van der Waals surface area contributed by atoms with Gasteiger partial charge in [-0.2, -0.15) is 16.7 Å². The third-order valence-corrected chi connectivity index (χ3v) is 4.39. The summed E-state index contributed by atoms with van der Waals surface area (Å²) in [5, 5.41) is 6.70. The number of carbonyl (C=O) groups is 1. The summed E-state index contributed by atoms with van der Waals surface area (Å²) < 4.78 is 5.08. The lowest BCUT2D eigenvalue weighted by atomic mass is 9.98. The second-order valence-corrected chi connectivity index (χ2v) is 6.35. The Labute approximate surface area is 130 Å². The molecule has 0 bridgehead atoms. The molecule has 21 heavy (non-hydrogen) atoms. The van der Waals surface area contributed by atoms with Crippen molar-refractivity contribution in [1.82, 2.24) is 20.4 Å². The van der Waals surface area contributed by atoms with Crippen LogP contribution in [0.25, 0.3) is 0 Å². The molecule has 1 aliphatic heterocycles. The quantitative estimate of drug-likeness (QED) is 0.828. The molecule has 0 saturated carbocycles. The fourth-order valence-electron chi connectivity index (χ4n) is 2.62. The van der Waals surface area contributed by atoms with Gasteiger partial charge >= 0.3 is 0 Å². The van der Waals surface area contributed by atoms with Gasteiger partial charge in [-0.15, -0.1) is 0 Å². The second kappa shape index (κ2) is 8.38.